The number of aromatic nitrogens is 2. The van der Waals surface area contributed by atoms with Crippen molar-refractivity contribution in [1.29, 1.82) is 0 Å². The minimum Gasteiger partial charge on any atom is -0.473 e. The van der Waals surface area contributed by atoms with E-state index in [-0.39, 0.29) is 0 Å². The molecule has 0 amide bonds. The lowest BCUT2D eigenvalue weighted by Crippen LogP contribution is -2.24. The van der Waals surface area contributed by atoms with Gasteiger partial charge in [0.1, 0.15) is 6.10 Å². The second-order valence-electron chi connectivity index (χ2n) is 7.87. The van der Waals surface area contributed by atoms with Crippen molar-refractivity contribution < 1.29 is 9.47 Å². The molecule has 2 bridgehead atoms. The van der Waals surface area contributed by atoms with Crippen molar-refractivity contribution >= 4 is 11.7 Å². The largest absolute Gasteiger partial charge is 0.473 e. The zero-order valence-electron chi connectivity index (χ0n) is 14.3. The highest BCUT2D eigenvalue weighted by Gasteiger charge is 2.41. The molecule has 0 aliphatic heterocycles. The molecule has 4 nitrogen and oxygen atoms in total. The van der Waals surface area contributed by atoms with Crippen LogP contribution in [0.15, 0.2) is 30.3 Å². The molecule has 25 heavy (non-hydrogen) atoms. The predicted molar refractivity (Wildman–Crippen MR) is 97.2 cm³/mol. The van der Waals surface area contributed by atoms with Crippen LogP contribution in [0.1, 0.15) is 50.0 Å². The van der Waals surface area contributed by atoms with Crippen molar-refractivity contribution in [2.45, 2.75) is 50.5 Å². The first-order chi connectivity index (χ1) is 12.4. The highest BCUT2D eigenvalue weighted by Crippen LogP contribution is 2.47. The Labute approximate surface area is 152 Å². The fraction of sp³-hybridized carbons (Fsp3) is 0.600. The number of benzene rings is 1. The third-order valence-electron chi connectivity index (χ3n) is 6.19. The van der Waals surface area contributed by atoms with Gasteiger partial charge in [-0.25, -0.2) is 0 Å². The number of nitrogens with zero attached hydrogens (tertiary/aromatic N) is 2. The van der Waals surface area contributed by atoms with Crippen LogP contribution in [-0.2, 0) is 0 Å². The number of rotatable bonds is 7. The first-order valence-corrected chi connectivity index (χ1v) is 10.3. The van der Waals surface area contributed by atoms with Gasteiger partial charge in [0.25, 0.3) is 11.8 Å². The molecule has 4 atom stereocenters. The fourth-order valence-electron chi connectivity index (χ4n) is 4.68. The van der Waals surface area contributed by atoms with Crippen LogP contribution in [0, 0.1) is 17.8 Å². The average molecular weight is 356 g/mol. The van der Waals surface area contributed by atoms with Crippen LogP contribution in [0.4, 0.5) is 0 Å². The Bertz CT molecular complexity index is 715. The molecule has 1 aromatic carbocycles. The van der Waals surface area contributed by atoms with Crippen molar-refractivity contribution in [3.05, 3.63) is 35.9 Å². The van der Waals surface area contributed by atoms with Gasteiger partial charge in [0.05, 0.1) is 18.3 Å². The smallest absolute Gasteiger partial charge is 0.291 e. The average Bonchev–Trinajstić information content (AvgIpc) is 3.04. The number of hydrogen-bond donors (Lipinski definition) is 0. The Kier molecular flexibility index (Phi) is 4.12. The van der Waals surface area contributed by atoms with E-state index in [2.05, 4.69) is 39.1 Å². The summed E-state index contributed by atoms with van der Waals surface area (Å²) in [5, 5.41) is 0. The van der Waals surface area contributed by atoms with Crippen LogP contribution in [-0.4, -0.2) is 21.5 Å². The summed E-state index contributed by atoms with van der Waals surface area (Å²) in [6, 6.07) is 10.7. The molecule has 3 aliphatic carbocycles. The van der Waals surface area contributed by atoms with Gasteiger partial charge in [-0.1, -0.05) is 30.3 Å². The van der Waals surface area contributed by atoms with E-state index in [9.17, 15) is 0 Å². The minimum atomic E-state index is 0.318. The molecule has 0 radical (unpaired) electrons. The fourth-order valence-corrected chi connectivity index (χ4v) is 5.12. The van der Waals surface area contributed by atoms with Gasteiger partial charge in [-0.05, 0) is 61.8 Å². The molecule has 3 saturated carbocycles. The maximum absolute atomic E-state index is 6.21. The van der Waals surface area contributed by atoms with Crippen molar-refractivity contribution in [1.82, 2.24) is 8.75 Å². The predicted octanol–water partition coefficient (Wildman–Crippen LogP) is 4.68. The summed E-state index contributed by atoms with van der Waals surface area (Å²) in [6.45, 7) is 0.660. The second-order valence-corrected chi connectivity index (χ2v) is 8.40. The molecule has 0 N–H and O–H groups in total. The minimum absolute atomic E-state index is 0.318. The van der Waals surface area contributed by atoms with Crippen LogP contribution in [0.2, 0.25) is 0 Å². The van der Waals surface area contributed by atoms with Crippen molar-refractivity contribution in [3.8, 4) is 11.8 Å². The number of ether oxygens (including phenoxy) is 2. The lowest BCUT2D eigenvalue weighted by atomic mass is 9.95. The molecular formula is C20H24N2O2S. The van der Waals surface area contributed by atoms with Gasteiger partial charge < -0.3 is 9.47 Å². The highest BCUT2D eigenvalue weighted by molar-refractivity contribution is 6.99. The molecule has 1 unspecified atom stereocenters. The van der Waals surface area contributed by atoms with Crippen molar-refractivity contribution in [2.24, 2.45) is 17.8 Å². The van der Waals surface area contributed by atoms with Gasteiger partial charge in [0.15, 0.2) is 0 Å². The monoisotopic (exact) mass is 356 g/mol. The Morgan fingerprint density at radius 2 is 1.84 bits per heavy atom. The van der Waals surface area contributed by atoms with E-state index in [0.29, 0.717) is 36.3 Å². The summed E-state index contributed by atoms with van der Waals surface area (Å²) in [6.07, 6.45) is 8.11. The molecule has 5 rings (SSSR count). The third-order valence-corrected chi connectivity index (χ3v) is 6.68. The zero-order valence-corrected chi connectivity index (χ0v) is 15.2. The Morgan fingerprint density at radius 1 is 1.00 bits per heavy atom. The van der Waals surface area contributed by atoms with Crippen LogP contribution < -0.4 is 9.47 Å². The van der Waals surface area contributed by atoms with Gasteiger partial charge in [0.2, 0.25) is 0 Å². The summed E-state index contributed by atoms with van der Waals surface area (Å²) in [7, 11) is 0. The molecule has 132 valence electrons. The molecule has 0 saturated heterocycles. The van der Waals surface area contributed by atoms with Crippen molar-refractivity contribution in [3.63, 3.8) is 0 Å². The third kappa shape index (κ3) is 3.26. The van der Waals surface area contributed by atoms with E-state index < -0.39 is 0 Å². The Balaban J connectivity index is 1.25. The van der Waals surface area contributed by atoms with Gasteiger partial charge in [-0.2, -0.15) is 0 Å². The maximum atomic E-state index is 6.21. The van der Waals surface area contributed by atoms with E-state index in [0.717, 1.165) is 11.8 Å². The molecular weight excluding hydrogens is 332 g/mol. The molecule has 5 heteroatoms. The molecule has 2 aromatic rings. The van der Waals surface area contributed by atoms with Gasteiger partial charge in [-0.3, -0.25) is 0 Å². The van der Waals surface area contributed by atoms with E-state index in [1.807, 2.05) is 0 Å². The second kappa shape index (κ2) is 6.60. The first kappa shape index (κ1) is 15.6. The molecule has 1 aromatic heterocycles. The van der Waals surface area contributed by atoms with Gasteiger partial charge >= 0.3 is 0 Å². The van der Waals surface area contributed by atoms with Gasteiger partial charge in [0, 0.05) is 5.92 Å². The molecule has 0 spiro atoms. The summed E-state index contributed by atoms with van der Waals surface area (Å²) in [5.74, 6) is 3.97. The van der Waals surface area contributed by atoms with Crippen LogP contribution in [0.25, 0.3) is 0 Å². The SMILES string of the molecule is c1ccc(C(COc2nsnc2O[C@H]2C[C@@H]3CC[C@H]2C3)C2CC2)cc1. The standard InChI is InChI=1S/C20H24N2O2S/c1-2-4-14(5-3-1)17(15-8-9-15)12-23-19-20(22-25-21-19)24-18-11-13-6-7-16(18)10-13/h1-5,13,15-18H,6-12H2/t13-,16+,17?,18+/m1/s1. The lowest BCUT2D eigenvalue weighted by molar-refractivity contribution is 0.125. The summed E-state index contributed by atoms with van der Waals surface area (Å²) < 4.78 is 21.0. The zero-order chi connectivity index (χ0) is 16.6. The quantitative estimate of drug-likeness (QED) is 0.723. The molecule has 3 fully saturated rings. The van der Waals surface area contributed by atoms with Gasteiger partial charge in [-0.15, -0.1) is 8.75 Å². The van der Waals surface area contributed by atoms with E-state index in [1.165, 1.54) is 55.8 Å². The molecule has 3 aliphatic rings. The van der Waals surface area contributed by atoms with E-state index >= 15 is 0 Å². The van der Waals surface area contributed by atoms with Crippen LogP contribution in [0.5, 0.6) is 11.8 Å². The van der Waals surface area contributed by atoms with Crippen LogP contribution >= 0.6 is 11.7 Å². The topological polar surface area (TPSA) is 44.2 Å². The lowest BCUT2D eigenvalue weighted by Gasteiger charge is -2.22. The molecule has 1 heterocycles. The highest BCUT2D eigenvalue weighted by atomic mass is 32.1. The number of hydrogen-bond acceptors (Lipinski definition) is 5. The van der Waals surface area contributed by atoms with Crippen LogP contribution in [0.3, 0.4) is 0 Å². The van der Waals surface area contributed by atoms with E-state index in [1.54, 1.807) is 0 Å². The number of fused-ring (bicyclic) bond motifs is 2. The van der Waals surface area contributed by atoms with Crippen molar-refractivity contribution in [2.75, 3.05) is 6.61 Å². The summed E-state index contributed by atoms with van der Waals surface area (Å²) >= 11 is 1.19. The normalized spacial score (nSPS) is 28.9. The summed E-state index contributed by atoms with van der Waals surface area (Å²) in [4.78, 5) is 0. The Hall–Kier alpha value is -1.62. The Morgan fingerprint density at radius 3 is 2.56 bits per heavy atom. The first-order valence-electron chi connectivity index (χ1n) is 9.54. The maximum Gasteiger partial charge on any atom is 0.291 e. The summed E-state index contributed by atoms with van der Waals surface area (Å²) in [5.41, 5.74) is 1.36. The van der Waals surface area contributed by atoms with E-state index in [4.69, 9.17) is 9.47 Å².